The number of aromatic nitrogens is 1. The number of hydrogen-bond acceptors (Lipinski definition) is 5. The number of likely N-dealkylation sites (tertiary alicyclic amines) is 1. The van der Waals surface area contributed by atoms with Crippen LogP contribution < -0.4 is 10.1 Å². The molecule has 1 atom stereocenters. The van der Waals surface area contributed by atoms with E-state index in [0.717, 1.165) is 32.5 Å². The average Bonchev–Trinajstić information content (AvgIpc) is 2.55. The van der Waals surface area contributed by atoms with Crippen LogP contribution in [0, 0.1) is 0 Å². The van der Waals surface area contributed by atoms with Gasteiger partial charge < -0.3 is 19.7 Å². The summed E-state index contributed by atoms with van der Waals surface area (Å²) in [6.45, 7) is 6.02. The van der Waals surface area contributed by atoms with Crippen molar-refractivity contribution in [3.63, 3.8) is 0 Å². The molecule has 1 N–H and O–H groups in total. The number of hydrogen-bond donors (Lipinski definition) is 1. The summed E-state index contributed by atoms with van der Waals surface area (Å²) in [6.07, 6.45) is 3.75. The predicted molar refractivity (Wildman–Crippen MR) is 84.2 cm³/mol. The standard InChI is InChI=1S/C16H25N3O3/c1-3-19-9-5-6-13(12-19)18-15(20)14-7-4-8-17-16(14)22-11-10-21-2/h4,7-8,13H,3,5-6,9-12H2,1-2H3,(H,18,20)/t13-/m1/s1. The quantitative estimate of drug-likeness (QED) is 0.770. The Labute approximate surface area is 131 Å². The fourth-order valence-electron chi connectivity index (χ4n) is 2.62. The smallest absolute Gasteiger partial charge is 0.257 e. The van der Waals surface area contributed by atoms with Crippen LogP contribution in [-0.4, -0.2) is 61.8 Å². The van der Waals surface area contributed by atoms with E-state index < -0.39 is 0 Å². The maximum atomic E-state index is 12.5. The third-order valence-electron chi connectivity index (χ3n) is 3.83. The van der Waals surface area contributed by atoms with Gasteiger partial charge in [-0.05, 0) is 38.1 Å². The fraction of sp³-hybridized carbons (Fsp3) is 0.625. The minimum absolute atomic E-state index is 0.122. The van der Waals surface area contributed by atoms with E-state index in [1.165, 1.54) is 0 Å². The zero-order chi connectivity index (χ0) is 15.8. The SMILES string of the molecule is CCN1CCC[C@@H](NC(=O)c2cccnc2OCCOC)C1. The average molecular weight is 307 g/mol. The molecule has 22 heavy (non-hydrogen) atoms. The number of pyridine rings is 1. The molecule has 0 aromatic carbocycles. The Morgan fingerprint density at radius 3 is 3.14 bits per heavy atom. The maximum Gasteiger partial charge on any atom is 0.257 e. The Bertz CT molecular complexity index is 481. The van der Waals surface area contributed by atoms with E-state index in [1.54, 1.807) is 25.4 Å². The molecule has 0 aliphatic carbocycles. The van der Waals surface area contributed by atoms with E-state index in [2.05, 4.69) is 22.1 Å². The third kappa shape index (κ3) is 4.68. The van der Waals surface area contributed by atoms with E-state index in [4.69, 9.17) is 9.47 Å². The van der Waals surface area contributed by atoms with E-state index >= 15 is 0 Å². The van der Waals surface area contributed by atoms with Gasteiger partial charge in [-0.2, -0.15) is 0 Å². The number of methoxy groups -OCH3 is 1. The van der Waals surface area contributed by atoms with Gasteiger partial charge in [0.1, 0.15) is 12.2 Å². The minimum Gasteiger partial charge on any atom is -0.475 e. The molecule has 122 valence electrons. The van der Waals surface area contributed by atoms with Crippen LogP contribution in [0.15, 0.2) is 18.3 Å². The molecule has 0 saturated carbocycles. The van der Waals surface area contributed by atoms with Crippen LogP contribution in [-0.2, 0) is 4.74 Å². The lowest BCUT2D eigenvalue weighted by atomic mass is 10.1. The van der Waals surface area contributed by atoms with Crippen molar-refractivity contribution in [3.8, 4) is 5.88 Å². The second-order valence-electron chi connectivity index (χ2n) is 5.40. The molecule has 2 rings (SSSR count). The molecule has 1 aliphatic heterocycles. The first-order valence-electron chi connectivity index (χ1n) is 7.84. The lowest BCUT2D eigenvalue weighted by Crippen LogP contribution is -2.47. The highest BCUT2D eigenvalue weighted by Gasteiger charge is 2.22. The Kier molecular flexibility index (Phi) is 6.61. The number of carbonyl (C=O) groups is 1. The largest absolute Gasteiger partial charge is 0.475 e. The second kappa shape index (κ2) is 8.70. The van der Waals surface area contributed by atoms with Gasteiger partial charge in [-0.25, -0.2) is 4.98 Å². The summed E-state index contributed by atoms with van der Waals surface area (Å²) in [4.78, 5) is 19.0. The van der Waals surface area contributed by atoms with Gasteiger partial charge in [0.05, 0.1) is 6.61 Å². The van der Waals surface area contributed by atoms with Crippen molar-refractivity contribution >= 4 is 5.91 Å². The van der Waals surface area contributed by atoms with Crippen LogP contribution in [0.3, 0.4) is 0 Å². The molecule has 1 amide bonds. The summed E-state index contributed by atoms with van der Waals surface area (Å²) in [5.74, 6) is 0.240. The van der Waals surface area contributed by atoms with Crippen molar-refractivity contribution in [2.45, 2.75) is 25.8 Å². The molecule has 6 heteroatoms. The molecular weight excluding hydrogens is 282 g/mol. The van der Waals surface area contributed by atoms with Crippen LogP contribution in [0.4, 0.5) is 0 Å². The second-order valence-corrected chi connectivity index (χ2v) is 5.40. The van der Waals surface area contributed by atoms with Gasteiger partial charge in [-0.15, -0.1) is 0 Å². The molecule has 6 nitrogen and oxygen atoms in total. The summed E-state index contributed by atoms with van der Waals surface area (Å²) >= 11 is 0. The molecule has 1 saturated heterocycles. The molecule has 0 bridgehead atoms. The maximum absolute atomic E-state index is 12.5. The highest BCUT2D eigenvalue weighted by molar-refractivity contribution is 5.96. The number of carbonyl (C=O) groups excluding carboxylic acids is 1. The van der Waals surface area contributed by atoms with Crippen molar-refractivity contribution in [2.24, 2.45) is 0 Å². The van der Waals surface area contributed by atoms with E-state index in [-0.39, 0.29) is 11.9 Å². The Morgan fingerprint density at radius 1 is 1.50 bits per heavy atom. The van der Waals surface area contributed by atoms with Gasteiger partial charge in [-0.1, -0.05) is 6.92 Å². The number of likely N-dealkylation sites (N-methyl/N-ethyl adjacent to an activating group) is 1. The summed E-state index contributed by atoms with van der Waals surface area (Å²) in [6, 6.07) is 3.68. The van der Waals surface area contributed by atoms with Crippen molar-refractivity contribution in [1.82, 2.24) is 15.2 Å². The zero-order valence-corrected chi connectivity index (χ0v) is 13.4. The number of piperidine rings is 1. The van der Waals surface area contributed by atoms with Crippen LogP contribution in [0.1, 0.15) is 30.1 Å². The number of nitrogens with zero attached hydrogens (tertiary/aromatic N) is 2. The molecule has 0 spiro atoms. The van der Waals surface area contributed by atoms with Gasteiger partial charge >= 0.3 is 0 Å². The van der Waals surface area contributed by atoms with Gasteiger partial charge in [0.25, 0.3) is 5.91 Å². The van der Waals surface area contributed by atoms with Crippen molar-refractivity contribution < 1.29 is 14.3 Å². The first-order chi connectivity index (χ1) is 10.7. The van der Waals surface area contributed by atoms with Crippen molar-refractivity contribution in [1.29, 1.82) is 0 Å². The third-order valence-corrected chi connectivity index (χ3v) is 3.83. The van der Waals surface area contributed by atoms with E-state index in [9.17, 15) is 4.79 Å². The predicted octanol–water partition coefficient (Wildman–Crippen LogP) is 1.32. The Hall–Kier alpha value is -1.66. The topological polar surface area (TPSA) is 63.7 Å². The van der Waals surface area contributed by atoms with Gasteiger partial charge in [0.2, 0.25) is 5.88 Å². The molecule has 0 radical (unpaired) electrons. The number of nitrogens with one attached hydrogen (secondary N) is 1. The first kappa shape index (κ1) is 16.7. The van der Waals surface area contributed by atoms with Crippen LogP contribution in [0.25, 0.3) is 0 Å². The van der Waals surface area contributed by atoms with Crippen molar-refractivity contribution in [3.05, 3.63) is 23.9 Å². The number of ether oxygens (including phenoxy) is 2. The minimum atomic E-state index is -0.122. The van der Waals surface area contributed by atoms with Crippen LogP contribution >= 0.6 is 0 Å². The van der Waals surface area contributed by atoms with E-state index in [1.807, 2.05) is 0 Å². The van der Waals surface area contributed by atoms with Crippen molar-refractivity contribution in [2.75, 3.05) is 40.0 Å². The fourth-order valence-corrected chi connectivity index (χ4v) is 2.62. The number of rotatable bonds is 7. The molecular formula is C16H25N3O3. The Balaban J connectivity index is 1.96. The number of amides is 1. The highest BCUT2D eigenvalue weighted by atomic mass is 16.5. The molecule has 2 heterocycles. The normalized spacial score (nSPS) is 18.9. The van der Waals surface area contributed by atoms with Crippen LogP contribution in [0.5, 0.6) is 5.88 Å². The molecule has 1 aromatic rings. The summed E-state index contributed by atoms with van der Waals surface area (Å²) in [7, 11) is 1.61. The van der Waals surface area contributed by atoms with E-state index in [0.29, 0.717) is 24.7 Å². The summed E-state index contributed by atoms with van der Waals surface area (Å²) in [5.41, 5.74) is 0.479. The van der Waals surface area contributed by atoms with Crippen LogP contribution in [0.2, 0.25) is 0 Å². The molecule has 1 aromatic heterocycles. The summed E-state index contributed by atoms with van der Waals surface area (Å²) in [5, 5.41) is 3.10. The molecule has 0 unspecified atom stereocenters. The lowest BCUT2D eigenvalue weighted by molar-refractivity contribution is 0.0897. The Morgan fingerprint density at radius 2 is 2.36 bits per heavy atom. The van der Waals surface area contributed by atoms with Gasteiger partial charge in [0.15, 0.2) is 0 Å². The first-order valence-corrected chi connectivity index (χ1v) is 7.84. The molecule has 1 fully saturated rings. The van der Waals surface area contributed by atoms with Gasteiger partial charge in [-0.3, -0.25) is 4.79 Å². The molecule has 1 aliphatic rings. The lowest BCUT2D eigenvalue weighted by Gasteiger charge is -2.32. The zero-order valence-electron chi connectivity index (χ0n) is 13.4. The monoisotopic (exact) mass is 307 g/mol. The highest BCUT2D eigenvalue weighted by Crippen LogP contribution is 2.16. The summed E-state index contributed by atoms with van der Waals surface area (Å²) < 4.78 is 10.5. The van der Waals surface area contributed by atoms with Gasteiger partial charge in [0, 0.05) is 25.9 Å².